The largest absolute Gasteiger partial charge is 0.480 e. The van der Waals surface area contributed by atoms with Gasteiger partial charge in [-0.05, 0) is 37.8 Å². The maximum absolute atomic E-state index is 12.8. The molecule has 1 amide bonds. The molecule has 1 aliphatic rings. The summed E-state index contributed by atoms with van der Waals surface area (Å²) < 4.78 is 0. The number of para-hydroxylation sites is 1. The maximum atomic E-state index is 12.8. The lowest BCUT2D eigenvalue weighted by Crippen LogP contribution is -2.57. The second-order valence-electron chi connectivity index (χ2n) is 6.91. The van der Waals surface area contributed by atoms with E-state index in [-0.39, 0.29) is 17.3 Å². The summed E-state index contributed by atoms with van der Waals surface area (Å²) in [6, 6.07) is 9.02. The molecule has 0 aliphatic heterocycles. The van der Waals surface area contributed by atoms with E-state index in [0.717, 1.165) is 37.5 Å². The third kappa shape index (κ3) is 3.29. The Morgan fingerprint density at radius 2 is 1.92 bits per heavy atom. The standard InChI is InChI=1S/C19H23N3O3/c1-19(18(24)25,13-8-3-2-4-9-13)22-17(23)14-11-12-7-5-6-10-15(12)21-16(14)20/h5-7,10-11,13H,2-4,8-9H2,1H3,(H2,20,21)(H,22,23)(H,24,25)/t19-/m0/s1. The summed E-state index contributed by atoms with van der Waals surface area (Å²) in [7, 11) is 0. The van der Waals surface area contributed by atoms with Crippen LogP contribution in [-0.4, -0.2) is 27.5 Å². The zero-order chi connectivity index (χ0) is 18.0. The van der Waals surface area contributed by atoms with Crippen molar-refractivity contribution in [1.29, 1.82) is 0 Å². The van der Waals surface area contributed by atoms with Gasteiger partial charge in [-0.2, -0.15) is 0 Å². The Bertz CT molecular complexity index is 815. The van der Waals surface area contributed by atoms with Crippen LogP contribution in [0.5, 0.6) is 0 Å². The lowest BCUT2D eigenvalue weighted by atomic mass is 9.75. The van der Waals surface area contributed by atoms with Crippen molar-refractivity contribution in [2.45, 2.75) is 44.6 Å². The summed E-state index contributed by atoms with van der Waals surface area (Å²) in [5, 5.41) is 13.3. The van der Waals surface area contributed by atoms with Crippen LogP contribution in [0.4, 0.5) is 5.82 Å². The van der Waals surface area contributed by atoms with Gasteiger partial charge < -0.3 is 16.2 Å². The van der Waals surface area contributed by atoms with E-state index in [1.54, 1.807) is 13.0 Å². The normalized spacial score (nSPS) is 17.8. The molecule has 2 aromatic rings. The molecule has 1 aliphatic carbocycles. The molecule has 0 spiro atoms. The molecule has 0 saturated heterocycles. The summed E-state index contributed by atoms with van der Waals surface area (Å²) in [6.07, 6.45) is 4.69. The lowest BCUT2D eigenvalue weighted by molar-refractivity contribution is -0.146. The van der Waals surface area contributed by atoms with Gasteiger partial charge in [-0.25, -0.2) is 9.78 Å². The molecule has 0 bridgehead atoms. The monoisotopic (exact) mass is 341 g/mol. The molecule has 6 nitrogen and oxygen atoms in total. The summed E-state index contributed by atoms with van der Waals surface area (Å²) in [6.45, 7) is 1.59. The number of fused-ring (bicyclic) bond motifs is 1. The van der Waals surface area contributed by atoms with Gasteiger partial charge in [0.15, 0.2) is 0 Å². The van der Waals surface area contributed by atoms with Gasteiger partial charge in [0, 0.05) is 5.39 Å². The van der Waals surface area contributed by atoms with E-state index in [4.69, 9.17) is 5.73 Å². The first-order valence-electron chi connectivity index (χ1n) is 8.63. The molecule has 1 aromatic carbocycles. The highest BCUT2D eigenvalue weighted by Crippen LogP contribution is 2.33. The molecular formula is C19H23N3O3. The van der Waals surface area contributed by atoms with E-state index < -0.39 is 17.4 Å². The van der Waals surface area contributed by atoms with E-state index in [2.05, 4.69) is 10.3 Å². The second-order valence-corrected chi connectivity index (χ2v) is 6.91. The average Bonchev–Trinajstić information content (AvgIpc) is 2.61. The van der Waals surface area contributed by atoms with Crippen molar-refractivity contribution in [3.05, 3.63) is 35.9 Å². The number of nitrogens with one attached hydrogen (secondary N) is 1. The number of pyridine rings is 1. The maximum Gasteiger partial charge on any atom is 0.329 e. The van der Waals surface area contributed by atoms with Crippen LogP contribution in [0.3, 0.4) is 0 Å². The van der Waals surface area contributed by atoms with Crippen molar-refractivity contribution in [3.63, 3.8) is 0 Å². The molecule has 25 heavy (non-hydrogen) atoms. The second kappa shape index (κ2) is 6.70. The number of carboxylic acids is 1. The summed E-state index contributed by atoms with van der Waals surface area (Å²) in [5.74, 6) is -1.49. The number of aliphatic carboxylic acids is 1. The number of nitrogens with two attached hydrogens (primary N) is 1. The van der Waals surface area contributed by atoms with Gasteiger partial charge in [-0.3, -0.25) is 4.79 Å². The molecule has 1 heterocycles. The zero-order valence-corrected chi connectivity index (χ0v) is 14.3. The molecule has 132 valence electrons. The fraction of sp³-hybridized carbons (Fsp3) is 0.421. The van der Waals surface area contributed by atoms with E-state index in [0.29, 0.717) is 5.52 Å². The SMILES string of the molecule is C[C@@](NC(=O)c1cc2ccccc2nc1N)(C(=O)O)C1CCCCC1. The molecule has 4 N–H and O–H groups in total. The Kier molecular flexibility index (Phi) is 4.61. The number of carbonyl (C=O) groups excluding carboxylic acids is 1. The Balaban J connectivity index is 1.91. The number of hydrogen-bond donors (Lipinski definition) is 3. The molecular weight excluding hydrogens is 318 g/mol. The predicted molar refractivity (Wildman–Crippen MR) is 96.2 cm³/mol. The van der Waals surface area contributed by atoms with Crippen molar-refractivity contribution in [2.24, 2.45) is 5.92 Å². The van der Waals surface area contributed by atoms with E-state index in [9.17, 15) is 14.7 Å². The number of benzene rings is 1. The fourth-order valence-corrected chi connectivity index (χ4v) is 3.63. The Morgan fingerprint density at radius 3 is 2.60 bits per heavy atom. The third-order valence-electron chi connectivity index (χ3n) is 5.24. The average molecular weight is 341 g/mol. The van der Waals surface area contributed by atoms with E-state index >= 15 is 0 Å². The number of anilines is 1. The highest BCUT2D eigenvalue weighted by atomic mass is 16.4. The Labute approximate surface area is 146 Å². The minimum Gasteiger partial charge on any atom is -0.480 e. The topological polar surface area (TPSA) is 105 Å². The van der Waals surface area contributed by atoms with Crippen LogP contribution < -0.4 is 11.1 Å². The number of nitrogens with zero attached hydrogens (tertiary/aromatic N) is 1. The first-order valence-corrected chi connectivity index (χ1v) is 8.63. The van der Waals surface area contributed by atoms with Crippen LogP contribution in [0.15, 0.2) is 30.3 Å². The zero-order valence-electron chi connectivity index (χ0n) is 14.3. The van der Waals surface area contributed by atoms with Crippen molar-refractivity contribution in [2.75, 3.05) is 5.73 Å². The van der Waals surface area contributed by atoms with E-state index in [1.165, 1.54) is 0 Å². The number of carbonyl (C=O) groups is 2. The number of hydrogen-bond acceptors (Lipinski definition) is 4. The molecule has 1 atom stereocenters. The Hall–Kier alpha value is -2.63. The van der Waals surface area contributed by atoms with Gasteiger partial charge in [-0.15, -0.1) is 0 Å². The highest BCUT2D eigenvalue weighted by Gasteiger charge is 2.43. The molecule has 6 heteroatoms. The molecule has 0 unspecified atom stereocenters. The summed E-state index contributed by atoms with van der Waals surface area (Å²) >= 11 is 0. The first kappa shape index (κ1) is 17.2. The molecule has 1 saturated carbocycles. The molecule has 1 aromatic heterocycles. The quantitative estimate of drug-likeness (QED) is 0.793. The van der Waals surface area contributed by atoms with Gasteiger partial charge >= 0.3 is 5.97 Å². The minimum absolute atomic E-state index is 0.0858. The van der Waals surface area contributed by atoms with Crippen molar-refractivity contribution >= 4 is 28.6 Å². The van der Waals surface area contributed by atoms with Gasteiger partial charge in [0.2, 0.25) is 0 Å². The lowest BCUT2D eigenvalue weighted by Gasteiger charge is -2.37. The van der Waals surface area contributed by atoms with Gasteiger partial charge in [0.1, 0.15) is 11.4 Å². The van der Waals surface area contributed by atoms with E-state index in [1.807, 2.05) is 24.3 Å². The minimum atomic E-state index is -1.31. The van der Waals surface area contributed by atoms with Crippen molar-refractivity contribution in [3.8, 4) is 0 Å². The fourth-order valence-electron chi connectivity index (χ4n) is 3.63. The van der Waals surface area contributed by atoms with Crippen LogP contribution in [0.1, 0.15) is 49.4 Å². The van der Waals surface area contributed by atoms with Crippen molar-refractivity contribution in [1.82, 2.24) is 10.3 Å². The van der Waals surface area contributed by atoms with Crippen molar-refractivity contribution < 1.29 is 14.7 Å². The van der Waals surface area contributed by atoms with Gasteiger partial charge in [0.05, 0.1) is 11.1 Å². The van der Waals surface area contributed by atoms with Crippen LogP contribution in [0.2, 0.25) is 0 Å². The van der Waals surface area contributed by atoms with Crippen LogP contribution >= 0.6 is 0 Å². The highest BCUT2D eigenvalue weighted by molar-refractivity contribution is 6.03. The molecule has 0 radical (unpaired) electrons. The molecule has 1 fully saturated rings. The smallest absolute Gasteiger partial charge is 0.329 e. The van der Waals surface area contributed by atoms with Crippen LogP contribution in [0, 0.1) is 5.92 Å². The Morgan fingerprint density at radius 1 is 1.24 bits per heavy atom. The van der Waals surface area contributed by atoms with Crippen LogP contribution in [-0.2, 0) is 4.79 Å². The van der Waals surface area contributed by atoms with Gasteiger partial charge in [0.25, 0.3) is 5.91 Å². The number of amides is 1. The predicted octanol–water partition coefficient (Wildman–Crippen LogP) is 2.97. The third-order valence-corrected chi connectivity index (χ3v) is 5.24. The molecule has 3 rings (SSSR count). The first-order chi connectivity index (χ1) is 11.9. The number of carboxylic acid groups (broad SMARTS) is 1. The summed E-state index contributed by atoms with van der Waals surface area (Å²) in [4.78, 5) is 29.0. The number of rotatable bonds is 4. The summed E-state index contributed by atoms with van der Waals surface area (Å²) in [5.41, 5.74) is 5.54. The van der Waals surface area contributed by atoms with Gasteiger partial charge in [-0.1, -0.05) is 37.5 Å². The van der Waals surface area contributed by atoms with Crippen LogP contribution in [0.25, 0.3) is 10.9 Å². The number of nitrogen functional groups attached to an aromatic ring is 1. The number of aromatic nitrogens is 1.